The van der Waals surface area contributed by atoms with Gasteiger partial charge in [0.05, 0.1) is 0 Å². The van der Waals surface area contributed by atoms with Gasteiger partial charge in [0.1, 0.15) is 0 Å². The lowest BCUT2D eigenvalue weighted by Crippen LogP contribution is -2.23. The number of benzene rings is 1. The highest BCUT2D eigenvalue weighted by Gasteiger charge is 2.28. The van der Waals surface area contributed by atoms with Crippen LogP contribution in [0.2, 0.25) is 11.6 Å². The van der Waals surface area contributed by atoms with E-state index in [1.54, 1.807) is 0 Å². The molecule has 2 aliphatic carbocycles. The van der Waals surface area contributed by atoms with E-state index in [-0.39, 0.29) is 9.52 Å². The number of allylic oxidation sites excluding steroid dienone is 2. The summed E-state index contributed by atoms with van der Waals surface area (Å²) in [6.45, 7) is 2.33. The summed E-state index contributed by atoms with van der Waals surface area (Å²) in [7, 11) is 0.157. The van der Waals surface area contributed by atoms with E-state index in [1.807, 2.05) is 0 Å². The minimum atomic E-state index is -1.37. The zero-order valence-electron chi connectivity index (χ0n) is 14.5. The third-order valence-corrected chi connectivity index (χ3v) is 8.27. The lowest BCUT2D eigenvalue weighted by molar-refractivity contribution is 0.235. The molecular weight excluding hydrogens is 325 g/mol. The van der Waals surface area contributed by atoms with Gasteiger partial charge < -0.3 is 0 Å². The van der Waals surface area contributed by atoms with Crippen LogP contribution in [0.1, 0.15) is 57.4 Å². The van der Waals surface area contributed by atoms with Crippen LogP contribution in [-0.4, -0.2) is 9.52 Å². The van der Waals surface area contributed by atoms with E-state index in [0.29, 0.717) is 11.5 Å². The number of rotatable bonds is 4. The van der Waals surface area contributed by atoms with Gasteiger partial charge in [-0.3, -0.25) is 0 Å². The molecule has 4 heteroatoms. The Morgan fingerprint density at radius 3 is 2.17 bits per heavy atom. The lowest BCUT2D eigenvalue weighted by Gasteiger charge is -2.35. The van der Waals surface area contributed by atoms with Crippen LogP contribution in [0.3, 0.4) is 0 Å². The Bertz CT molecular complexity index is 580. The number of halogens is 3. The molecular formula is C20H27F3Si. The fourth-order valence-corrected chi connectivity index (χ4v) is 6.51. The van der Waals surface area contributed by atoms with Gasteiger partial charge in [0, 0.05) is 9.52 Å². The number of hydrogen-bond donors (Lipinski definition) is 0. The molecule has 2 aliphatic rings. The fraction of sp³-hybridized carbons (Fsp3) is 0.600. The van der Waals surface area contributed by atoms with Gasteiger partial charge in [-0.15, -0.1) is 0 Å². The first-order valence-corrected chi connectivity index (χ1v) is 11.2. The van der Waals surface area contributed by atoms with Crippen molar-refractivity contribution in [2.75, 3.05) is 0 Å². The molecule has 0 aliphatic heterocycles. The Morgan fingerprint density at radius 1 is 0.958 bits per heavy atom. The number of hydrogen-bond acceptors (Lipinski definition) is 0. The fourth-order valence-electron chi connectivity index (χ4n) is 4.64. The Kier molecular flexibility index (Phi) is 5.85. The molecule has 132 valence electrons. The van der Waals surface area contributed by atoms with Crippen LogP contribution in [0.15, 0.2) is 18.2 Å². The van der Waals surface area contributed by atoms with E-state index in [0.717, 1.165) is 48.4 Å². The van der Waals surface area contributed by atoms with Gasteiger partial charge in [-0.25, -0.2) is 13.2 Å². The SMILES string of the molecule is CC[SiH2][C@H]1CC[C@H](C2CC=C(c3cc(F)c(F)c(F)c3)CC2)CC1. The maximum atomic E-state index is 13.4. The molecule has 0 nitrogen and oxygen atoms in total. The first kappa shape index (κ1) is 17.8. The normalized spacial score (nSPS) is 28.3. The summed E-state index contributed by atoms with van der Waals surface area (Å²) >= 11 is 0. The van der Waals surface area contributed by atoms with Gasteiger partial charge in [-0.2, -0.15) is 0 Å². The van der Waals surface area contributed by atoms with Crippen molar-refractivity contribution in [1.29, 1.82) is 0 Å². The molecule has 0 heterocycles. The van der Waals surface area contributed by atoms with Crippen molar-refractivity contribution < 1.29 is 13.2 Å². The first-order valence-electron chi connectivity index (χ1n) is 9.42. The van der Waals surface area contributed by atoms with E-state index >= 15 is 0 Å². The Labute approximate surface area is 145 Å². The standard InChI is InChI=1S/C20H27F3Si/c1-2-24-17-9-7-14(8-10-17)13-3-5-15(6-4-13)16-11-18(21)20(23)19(22)12-16/h5,11-14,17H,2-4,6-10,24H2,1H3/t13?,14-,17-. The molecule has 1 unspecified atom stereocenters. The maximum absolute atomic E-state index is 13.4. The second kappa shape index (κ2) is 7.90. The molecule has 1 atom stereocenters. The Morgan fingerprint density at radius 2 is 1.62 bits per heavy atom. The summed E-state index contributed by atoms with van der Waals surface area (Å²) in [4.78, 5) is 0. The van der Waals surface area contributed by atoms with Crippen LogP contribution in [0.5, 0.6) is 0 Å². The average Bonchev–Trinajstić information content (AvgIpc) is 2.60. The van der Waals surface area contributed by atoms with Gasteiger partial charge >= 0.3 is 0 Å². The van der Waals surface area contributed by atoms with E-state index in [9.17, 15) is 13.2 Å². The largest absolute Gasteiger partial charge is 0.204 e. The summed E-state index contributed by atoms with van der Waals surface area (Å²) in [5.74, 6) is -2.02. The van der Waals surface area contributed by atoms with Gasteiger partial charge in [-0.1, -0.05) is 50.3 Å². The topological polar surface area (TPSA) is 0 Å². The summed E-state index contributed by atoms with van der Waals surface area (Å²) in [5, 5.41) is 0. The predicted molar refractivity (Wildman–Crippen MR) is 96.4 cm³/mol. The third kappa shape index (κ3) is 3.96. The molecule has 0 saturated heterocycles. The molecule has 0 spiro atoms. The summed E-state index contributed by atoms with van der Waals surface area (Å²) < 4.78 is 39.9. The summed E-state index contributed by atoms with van der Waals surface area (Å²) in [6.07, 6.45) is 10.6. The quantitative estimate of drug-likeness (QED) is 0.469. The Hall–Kier alpha value is -1.03. The second-order valence-corrected chi connectivity index (χ2v) is 10.3. The maximum Gasteiger partial charge on any atom is 0.194 e. The van der Waals surface area contributed by atoms with Gasteiger partial charge in [0.2, 0.25) is 0 Å². The van der Waals surface area contributed by atoms with E-state index < -0.39 is 17.5 Å². The molecule has 0 bridgehead atoms. The van der Waals surface area contributed by atoms with Crippen LogP contribution in [0, 0.1) is 29.3 Å². The first-order chi connectivity index (χ1) is 11.6. The third-order valence-electron chi connectivity index (χ3n) is 6.06. The molecule has 0 radical (unpaired) electrons. The van der Waals surface area contributed by atoms with Crippen molar-refractivity contribution in [3.8, 4) is 0 Å². The van der Waals surface area contributed by atoms with Gasteiger partial charge in [0.25, 0.3) is 0 Å². The van der Waals surface area contributed by atoms with E-state index in [4.69, 9.17) is 0 Å². The van der Waals surface area contributed by atoms with Crippen LogP contribution in [0.25, 0.3) is 5.57 Å². The smallest absolute Gasteiger partial charge is 0.194 e. The van der Waals surface area contributed by atoms with E-state index in [1.165, 1.54) is 31.7 Å². The molecule has 0 aromatic heterocycles. The Balaban J connectivity index is 1.61. The molecule has 0 amide bonds. The zero-order chi connectivity index (χ0) is 17.1. The second-order valence-electron chi connectivity index (χ2n) is 7.59. The highest BCUT2D eigenvalue weighted by Crippen LogP contribution is 2.42. The average molecular weight is 353 g/mol. The van der Waals surface area contributed by atoms with E-state index in [2.05, 4.69) is 13.0 Å². The van der Waals surface area contributed by atoms with Crippen molar-refractivity contribution in [2.24, 2.45) is 11.8 Å². The van der Waals surface area contributed by atoms with Crippen molar-refractivity contribution in [1.82, 2.24) is 0 Å². The minimum absolute atomic E-state index is 0.157. The lowest BCUT2D eigenvalue weighted by atomic mass is 9.73. The van der Waals surface area contributed by atoms with Crippen LogP contribution in [0.4, 0.5) is 13.2 Å². The molecule has 1 aromatic carbocycles. The summed E-state index contributed by atoms with van der Waals surface area (Å²) in [6, 6.07) is 3.69. The molecule has 3 rings (SSSR count). The van der Waals surface area contributed by atoms with Crippen molar-refractivity contribution in [3.05, 3.63) is 41.2 Å². The zero-order valence-corrected chi connectivity index (χ0v) is 15.9. The van der Waals surface area contributed by atoms with Crippen LogP contribution in [-0.2, 0) is 0 Å². The van der Waals surface area contributed by atoms with Gasteiger partial charge in [-0.05, 0) is 54.4 Å². The van der Waals surface area contributed by atoms with Crippen molar-refractivity contribution in [2.45, 2.75) is 63.5 Å². The highest BCUT2D eigenvalue weighted by molar-refractivity contribution is 6.37. The van der Waals surface area contributed by atoms with Crippen LogP contribution < -0.4 is 0 Å². The minimum Gasteiger partial charge on any atom is -0.204 e. The predicted octanol–water partition coefficient (Wildman–Crippen LogP) is 5.87. The highest BCUT2D eigenvalue weighted by atomic mass is 28.2. The molecule has 1 saturated carbocycles. The van der Waals surface area contributed by atoms with Crippen LogP contribution >= 0.6 is 0 Å². The van der Waals surface area contributed by atoms with Crippen molar-refractivity contribution >= 4 is 15.1 Å². The molecule has 0 N–H and O–H groups in total. The van der Waals surface area contributed by atoms with Gasteiger partial charge in [0.15, 0.2) is 17.5 Å². The molecule has 24 heavy (non-hydrogen) atoms. The molecule has 1 fully saturated rings. The van der Waals surface area contributed by atoms with Crippen molar-refractivity contribution in [3.63, 3.8) is 0 Å². The monoisotopic (exact) mass is 352 g/mol. The summed E-state index contributed by atoms with van der Waals surface area (Å²) in [5.41, 5.74) is 2.53. The molecule has 1 aromatic rings.